The second kappa shape index (κ2) is 10.3. The van der Waals surface area contributed by atoms with E-state index in [4.69, 9.17) is 26.4 Å². The molecule has 0 spiro atoms. The summed E-state index contributed by atoms with van der Waals surface area (Å²) in [6.45, 7) is 0.854. The molecule has 0 bridgehead atoms. The first-order chi connectivity index (χ1) is 15.6. The second-order valence-corrected chi connectivity index (χ2v) is 8.47. The molecule has 7 heteroatoms. The summed E-state index contributed by atoms with van der Waals surface area (Å²) in [6, 6.07) is 24.4. The van der Waals surface area contributed by atoms with Gasteiger partial charge in [0, 0.05) is 0 Å². The van der Waals surface area contributed by atoms with E-state index in [0.29, 0.717) is 33.9 Å². The first-order valence-corrected chi connectivity index (χ1v) is 11.2. The van der Waals surface area contributed by atoms with Gasteiger partial charge in [-0.2, -0.15) is 0 Å². The van der Waals surface area contributed by atoms with Crippen LogP contribution in [0, 0.1) is 0 Å². The molecule has 0 aliphatic carbocycles. The Morgan fingerprint density at radius 2 is 1.56 bits per heavy atom. The number of methoxy groups -OCH3 is 1. The molecule has 1 fully saturated rings. The van der Waals surface area contributed by atoms with Gasteiger partial charge in [-0.25, -0.2) is 0 Å². The molecule has 32 heavy (non-hydrogen) atoms. The lowest BCUT2D eigenvalue weighted by Crippen LogP contribution is -2.27. The summed E-state index contributed by atoms with van der Waals surface area (Å²) < 4.78 is 17.1. The number of thiocarbonyl (C=S) groups is 1. The normalized spacial score (nSPS) is 14.7. The number of rotatable bonds is 8. The maximum atomic E-state index is 13.0. The Hall–Kier alpha value is -3.29. The number of carbonyl (C=O) groups is 1. The lowest BCUT2D eigenvalue weighted by Gasteiger charge is -2.14. The molecule has 3 aromatic carbocycles. The first kappa shape index (κ1) is 21.9. The standard InChI is InChI=1S/C25H21NO4S2/c1-28-20-12-10-19(11-13-20)26-24(27)23(32-25(26)31)17-18-6-5-9-22(16-18)30-15-14-29-21-7-3-2-4-8-21/h2-13,16-17H,14-15H2,1H3/b23-17-. The van der Waals surface area contributed by atoms with Crippen molar-refractivity contribution in [1.29, 1.82) is 0 Å². The van der Waals surface area contributed by atoms with E-state index in [1.165, 1.54) is 16.7 Å². The highest BCUT2D eigenvalue weighted by atomic mass is 32.2. The number of amides is 1. The van der Waals surface area contributed by atoms with E-state index in [-0.39, 0.29) is 5.91 Å². The zero-order valence-electron chi connectivity index (χ0n) is 17.4. The zero-order valence-corrected chi connectivity index (χ0v) is 19.0. The summed E-state index contributed by atoms with van der Waals surface area (Å²) in [5.41, 5.74) is 1.58. The number of hydrogen-bond acceptors (Lipinski definition) is 6. The molecule has 0 N–H and O–H groups in total. The number of carbonyl (C=O) groups excluding carboxylic acids is 1. The van der Waals surface area contributed by atoms with Crippen molar-refractivity contribution >= 4 is 46.0 Å². The number of benzene rings is 3. The van der Waals surface area contributed by atoms with Crippen molar-refractivity contribution in [1.82, 2.24) is 0 Å². The average Bonchev–Trinajstić information content (AvgIpc) is 3.10. The van der Waals surface area contributed by atoms with Crippen LogP contribution in [-0.2, 0) is 4.79 Å². The number of para-hydroxylation sites is 1. The third-order valence-electron chi connectivity index (χ3n) is 4.64. The fourth-order valence-electron chi connectivity index (χ4n) is 3.10. The van der Waals surface area contributed by atoms with Gasteiger partial charge in [0.15, 0.2) is 4.32 Å². The predicted octanol–water partition coefficient (Wildman–Crippen LogP) is 5.56. The van der Waals surface area contributed by atoms with Gasteiger partial charge in [-0.15, -0.1) is 0 Å². The Morgan fingerprint density at radius 1 is 0.875 bits per heavy atom. The van der Waals surface area contributed by atoms with Gasteiger partial charge in [-0.05, 0) is 60.2 Å². The molecular formula is C25H21NO4S2. The minimum absolute atomic E-state index is 0.146. The van der Waals surface area contributed by atoms with Gasteiger partial charge in [0.2, 0.25) is 0 Å². The van der Waals surface area contributed by atoms with Crippen LogP contribution < -0.4 is 19.1 Å². The highest BCUT2D eigenvalue weighted by molar-refractivity contribution is 8.27. The lowest BCUT2D eigenvalue weighted by molar-refractivity contribution is -0.113. The van der Waals surface area contributed by atoms with Crippen molar-refractivity contribution in [2.75, 3.05) is 25.2 Å². The van der Waals surface area contributed by atoms with Crippen LogP contribution in [0.1, 0.15) is 5.56 Å². The number of anilines is 1. The molecule has 1 amide bonds. The van der Waals surface area contributed by atoms with Gasteiger partial charge < -0.3 is 14.2 Å². The van der Waals surface area contributed by atoms with Crippen molar-refractivity contribution in [3.63, 3.8) is 0 Å². The summed E-state index contributed by atoms with van der Waals surface area (Å²) in [5.74, 6) is 2.10. The minimum Gasteiger partial charge on any atom is -0.497 e. The van der Waals surface area contributed by atoms with Crippen LogP contribution in [0.5, 0.6) is 17.2 Å². The van der Waals surface area contributed by atoms with E-state index in [1.807, 2.05) is 72.8 Å². The Kier molecular flexibility index (Phi) is 7.09. The molecule has 0 radical (unpaired) electrons. The average molecular weight is 464 g/mol. The molecule has 4 rings (SSSR count). The van der Waals surface area contributed by atoms with Gasteiger partial charge in [0.25, 0.3) is 5.91 Å². The fraction of sp³-hybridized carbons (Fsp3) is 0.120. The molecule has 0 saturated carbocycles. The van der Waals surface area contributed by atoms with Gasteiger partial charge in [0.05, 0.1) is 17.7 Å². The molecule has 0 unspecified atom stereocenters. The largest absolute Gasteiger partial charge is 0.497 e. The molecule has 5 nitrogen and oxygen atoms in total. The van der Waals surface area contributed by atoms with Crippen LogP contribution in [0.25, 0.3) is 6.08 Å². The maximum absolute atomic E-state index is 13.0. The van der Waals surface area contributed by atoms with Gasteiger partial charge in [-0.3, -0.25) is 9.69 Å². The van der Waals surface area contributed by atoms with Crippen LogP contribution in [-0.4, -0.2) is 30.6 Å². The van der Waals surface area contributed by atoms with Crippen LogP contribution in [0.3, 0.4) is 0 Å². The second-order valence-electron chi connectivity index (χ2n) is 6.80. The van der Waals surface area contributed by atoms with Crippen LogP contribution in [0.15, 0.2) is 83.8 Å². The minimum atomic E-state index is -0.146. The number of hydrogen-bond donors (Lipinski definition) is 0. The highest BCUT2D eigenvalue weighted by Gasteiger charge is 2.33. The first-order valence-electron chi connectivity index (χ1n) is 9.97. The zero-order chi connectivity index (χ0) is 22.3. The fourth-order valence-corrected chi connectivity index (χ4v) is 4.40. The topological polar surface area (TPSA) is 48.0 Å². The lowest BCUT2D eigenvalue weighted by atomic mass is 10.2. The Balaban J connectivity index is 1.40. The van der Waals surface area contributed by atoms with Crippen LogP contribution >= 0.6 is 24.0 Å². The van der Waals surface area contributed by atoms with Gasteiger partial charge in [-0.1, -0.05) is 54.3 Å². The van der Waals surface area contributed by atoms with E-state index in [0.717, 1.165) is 17.1 Å². The van der Waals surface area contributed by atoms with Crippen LogP contribution in [0.2, 0.25) is 0 Å². The molecule has 162 valence electrons. The quantitative estimate of drug-likeness (QED) is 0.248. The molecule has 3 aromatic rings. The third kappa shape index (κ3) is 5.30. The van der Waals surface area contributed by atoms with Gasteiger partial charge in [0.1, 0.15) is 30.5 Å². The molecular weight excluding hydrogens is 442 g/mol. The Bertz CT molecular complexity index is 1130. The van der Waals surface area contributed by atoms with E-state index < -0.39 is 0 Å². The number of ether oxygens (including phenoxy) is 3. The van der Waals surface area contributed by atoms with Crippen LogP contribution in [0.4, 0.5) is 5.69 Å². The SMILES string of the molecule is COc1ccc(N2C(=O)/C(=C/c3cccc(OCCOc4ccccc4)c3)SC2=S)cc1. The van der Waals surface area contributed by atoms with Crippen molar-refractivity contribution < 1.29 is 19.0 Å². The van der Waals surface area contributed by atoms with Crippen molar-refractivity contribution in [3.05, 3.63) is 89.3 Å². The molecule has 1 aliphatic heterocycles. The van der Waals surface area contributed by atoms with Gasteiger partial charge >= 0.3 is 0 Å². The monoisotopic (exact) mass is 463 g/mol. The predicted molar refractivity (Wildman–Crippen MR) is 133 cm³/mol. The van der Waals surface area contributed by atoms with E-state index in [2.05, 4.69) is 0 Å². The third-order valence-corrected chi connectivity index (χ3v) is 5.95. The van der Waals surface area contributed by atoms with Crippen molar-refractivity contribution in [2.45, 2.75) is 0 Å². The van der Waals surface area contributed by atoms with E-state index in [1.54, 1.807) is 19.2 Å². The summed E-state index contributed by atoms with van der Waals surface area (Å²) >= 11 is 6.73. The van der Waals surface area contributed by atoms with Crippen molar-refractivity contribution in [2.24, 2.45) is 0 Å². The Labute approximate surface area is 196 Å². The van der Waals surface area contributed by atoms with Crippen molar-refractivity contribution in [3.8, 4) is 17.2 Å². The summed E-state index contributed by atoms with van der Waals surface area (Å²) in [7, 11) is 1.60. The summed E-state index contributed by atoms with van der Waals surface area (Å²) in [4.78, 5) is 15.1. The van der Waals surface area contributed by atoms with E-state index in [9.17, 15) is 4.79 Å². The smallest absolute Gasteiger partial charge is 0.270 e. The Morgan fingerprint density at radius 3 is 2.28 bits per heavy atom. The number of nitrogens with zero attached hydrogens (tertiary/aromatic N) is 1. The molecule has 0 atom stereocenters. The molecule has 1 heterocycles. The van der Waals surface area contributed by atoms with E-state index >= 15 is 0 Å². The molecule has 0 aromatic heterocycles. The summed E-state index contributed by atoms with van der Waals surface area (Å²) in [6.07, 6.45) is 1.83. The summed E-state index contributed by atoms with van der Waals surface area (Å²) in [5, 5.41) is 0. The molecule has 1 saturated heterocycles. The highest BCUT2D eigenvalue weighted by Crippen LogP contribution is 2.36. The molecule has 1 aliphatic rings. The maximum Gasteiger partial charge on any atom is 0.270 e. The number of thioether (sulfide) groups is 1.